The van der Waals surface area contributed by atoms with E-state index in [1.165, 1.54) is 22.9 Å². The van der Waals surface area contributed by atoms with E-state index in [4.69, 9.17) is 11.6 Å². The van der Waals surface area contributed by atoms with E-state index in [2.05, 4.69) is 10.3 Å². The number of halogens is 1. The highest BCUT2D eigenvalue weighted by atomic mass is 35.5. The molecule has 0 aliphatic carbocycles. The van der Waals surface area contributed by atoms with Gasteiger partial charge in [-0.25, -0.2) is 9.36 Å². The van der Waals surface area contributed by atoms with Gasteiger partial charge in [-0.1, -0.05) is 29.8 Å². The quantitative estimate of drug-likeness (QED) is 0.372. The Morgan fingerprint density at radius 2 is 1.87 bits per heavy atom. The zero-order valence-corrected chi connectivity index (χ0v) is 16.7. The lowest BCUT2D eigenvalue weighted by atomic mass is 10.2. The Morgan fingerprint density at radius 1 is 1.16 bits per heavy atom. The fourth-order valence-electron chi connectivity index (χ4n) is 3.28. The van der Waals surface area contributed by atoms with Crippen molar-refractivity contribution in [2.45, 2.75) is 0 Å². The largest absolute Gasteiger partial charge is 0.344 e. The van der Waals surface area contributed by atoms with Crippen molar-refractivity contribution >= 4 is 39.9 Å². The Hall–Kier alpha value is -4.18. The number of hydrogen-bond donors (Lipinski definition) is 2. The van der Waals surface area contributed by atoms with Gasteiger partial charge in [-0.2, -0.15) is 0 Å². The summed E-state index contributed by atoms with van der Waals surface area (Å²) in [6.45, 7) is 0. The smallest absolute Gasteiger partial charge is 0.333 e. The third kappa shape index (κ3) is 3.49. The Bertz CT molecular complexity index is 1470. The molecular formula is C20H14ClN5O5. The number of aromatic nitrogens is 3. The summed E-state index contributed by atoms with van der Waals surface area (Å²) in [5.74, 6) is -0.658. The third-order valence-electron chi connectivity index (χ3n) is 4.68. The van der Waals surface area contributed by atoms with Crippen molar-refractivity contribution in [1.29, 1.82) is 0 Å². The van der Waals surface area contributed by atoms with E-state index in [0.29, 0.717) is 5.69 Å². The molecule has 2 heterocycles. The summed E-state index contributed by atoms with van der Waals surface area (Å²) in [4.78, 5) is 51.5. The topological polar surface area (TPSA) is 132 Å². The van der Waals surface area contributed by atoms with Crippen molar-refractivity contribution in [3.63, 3.8) is 0 Å². The molecule has 0 fully saturated rings. The number of rotatable bonds is 4. The number of fused-ring (bicyclic) bond motifs is 1. The molecule has 0 atom stereocenters. The van der Waals surface area contributed by atoms with E-state index < -0.39 is 22.1 Å². The van der Waals surface area contributed by atoms with Crippen molar-refractivity contribution in [3.8, 4) is 5.69 Å². The van der Waals surface area contributed by atoms with Crippen molar-refractivity contribution in [3.05, 3.63) is 96.3 Å². The van der Waals surface area contributed by atoms with Gasteiger partial charge in [0, 0.05) is 25.0 Å². The Labute approximate surface area is 178 Å². The van der Waals surface area contributed by atoms with Crippen LogP contribution in [-0.2, 0) is 7.05 Å². The fraction of sp³-hybridized carbons (Fsp3) is 0.0500. The molecule has 4 aromatic rings. The number of hydrogen-bond acceptors (Lipinski definition) is 5. The molecule has 2 aromatic heterocycles. The van der Waals surface area contributed by atoms with E-state index in [9.17, 15) is 24.5 Å². The molecule has 0 saturated carbocycles. The van der Waals surface area contributed by atoms with E-state index >= 15 is 0 Å². The van der Waals surface area contributed by atoms with Crippen molar-refractivity contribution in [2.75, 3.05) is 5.32 Å². The fourth-order valence-corrected chi connectivity index (χ4v) is 3.47. The Balaban J connectivity index is 1.80. The monoisotopic (exact) mass is 439 g/mol. The lowest BCUT2D eigenvalue weighted by Gasteiger charge is -2.06. The van der Waals surface area contributed by atoms with Gasteiger partial charge in [0.1, 0.15) is 10.5 Å². The number of benzene rings is 2. The normalized spacial score (nSPS) is 10.9. The minimum absolute atomic E-state index is 0.0320. The summed E-state index contributed by atoms with van der Waals surface area (Å²) in [7, 11) is 1.57. The first-order valence-electron chi connectivity index (χ1n) is 8.93. The summed E-state index contributed by atoms with van der Waals surface area (Å²) < 4.78 is 2.42. The van der Waals surface area contributed by atoms with Crippen LogP contribution in [0.25, 0.3) is 16.7 Å². The summed E-state index contributed by atoms with van der Waals surface area (Å²) in [6.07, 6.45) is 1.40. The van der Waals surface area contributed by atoms with Gasteiger partial charge in [0.25, 0.3) is 17.2 Å². The van der Waals surface area contributed by atoms with Gasteiger partial charge in [0.15, 0.2) is 0 Å². The predicted octanol–water partition coefficient (Wildman–Crippen LogP) is 2.83. The maximum Gasteiger partial charge on any atom is 0.333 e. The average molecular weight is 440 g/mol. The van der Waals surface area contributed by atoms with Crippen LogP contribution in [0.1, 0.15) is 10.4 Å². The van der Waals surface area contributed by atoms with Gasteiger partial charge < -0.3 is 14.9 Å². The molecule has 0 unspecified atom stereocenters. The number of amides is 1. The number of nitro groups is 1. The van der Waals surface area contributed by atoms with Crippen LogP contribution in [0.3, 0.4) is 0 Å². The van der Waals surface area contributed by atoms with Gasteiger partial charge in [0.2, 0.25) is 0 Å². The minimum atomic E-state index is -0.703. The lowest BCUT2D eigenvalue weighted by molar-refractivity contribution is -0.384. The standard InChI is InChI=1S/C20H14ClN5O5/c1-24-10-13(18(27)22-11-7-8-14(21)15(9-11)26(30)31)16-17(24)19(28)25(20(29)23-16)12-5-3-2-4-6-12/h2-10H,1H3,(H,22,27)(H,23,29). The summed E-state index contributed by atoms with van der Waals surface area (Å²) in [6, 6.07) is 12.2. The van der Waals surface area contributed by atoms with Gasteiger partial charge in [0.05, 0.1) is 21.7 Å². The number of para-hydroxylation sites is 1. The highest BCUT2D eigenvalue weighted by Crippen LogP contribution is 2.28. The molecule has 2 aromatic carbocycles. The second-order valence-corrected chi connectivity index (χ2v) is 7.07. The van der Waals surface area contributed by atoms with E-state index in [1.54, 1.807) is 37.4 Å². The number of H-pyrrole nitrogens is 1. The van der Waals surface area contributed by atoms with Crippen LogP contribution in [0, 0.1) is 10.1 Å². The molecule has 0 bridgehead atoms. The molecule has 0 spiro atoms. The number of carbonyl (C=O) groups is 1. The zero-order valence-electron chi connectivity index (χ0n) is 16.0. The summed E-state index contributed by atoms with van der Waals surface area (Å²) >= 11 is 5.79. The number of nitro benzene ring substituents is 1. The first-order chi connectivity index (χ1) is 14.8. The average Bonchev–Trinajstić information content (AvgIpc) is 3.06. The van der Waals surface area contributed by atoms with Crippen LogP contribution >= 0.6 is 11.6 Å². The lowest BCUT2D eigenvalue weighted by Crippen LogP contribution is -2.34. The van der Waals surface area contributed by atoms with Crippen LogP contribution in [0.4, 0.5) is 11.4 Å². The van der Waals surface area contributed by atoms with Crippen molar-refractivity contribution in [2.24, 2.45) is 7.05 Å². The van der Waals surface area contributed by atoms with Crippen molar-refractivity contribution < 1.29 is 9.72 Å². The van der Waals surface area contributed by atoms with Crippen LogP contribution in [-0.4, -0.2) is 24.9 Å². The van der Waals surface area contributed by atoms with E-state index in [0.717, 1.165) is 10.6 Å². The SMILES string of the molecule is Cn1cc(C(=O)Nc2ccc(Cl)c([N+](=O)[O-])c2)c2[nH]c(=O)n(-c3ccccc3)c(=O)c21. The van der Waals surface area contributed by atoms with Gasteiger partial charge in [-0.15, -0.1) is 0 Å². The Morgan fingerprint density at radius 3 is 2.55 bits per heavy atom. The number of nitrogens with zero attached hydrogens (tertiary/aromatic N) is 3. The molecule has 10 nitrogen and oxygen atoms in total. The van der Waals surface area contributed by atoms with Gasteiger partial charge in [-0.05, 0) is 24.3 Å². The molecule has 156 valence electrons. The van der Waals surface area contributed by atoms with Crippen LogP contribution in [0.15, 0.2) is 64.3 Å². The maximum atomic E-state index is 13.0. The molecule has 31 heavy (non-hydrogen) atoms. The highest BCUT2D eigenvalue weighted by Gasteiger charge is 2.21. The number of nitrogens with one attached hydrogen (secondary N) is 2. The van der Waals surface area contributed by atoms with E-state index in [1.807, 2.05) is 0 Å². The molecule has 11 heteroatoms. The number of anilines is 1. The second-order valence-electron chi connectivity index (χ2n) is 6.66. The third-order valence-corrected chi connectivity index (χ3v) is 5.00. The molecule has 4 rings (SSSR count). The van der Waals surface area contributed by atoms with Gasteiger partial charge >= 0.3 is 5.69 Å². The molecule has 0 aliphatic rings. The van der Waals surface area contributed by atoms with E-state index in [-0.39, 0.29) is 33.0 Å². The molecule has 2 N–H and O–H groups in total. The van der Waals surface area contributed by atoms with Crippen LogP contribution in [0.2, 0.25) is 5.02 Å². The number of aryl methyl sites for hydroxylation is 1. The first-order valence-corrected chi connectivity index (χ1v) is 9.31. The maximum absolute atomic E-state index is 13.0. The second kappa shape index (κ2) is 7.58. The molecule has 1 amide bonds. The molecular weight excluding hydrogens is 426 g/mol. The Kier molecular flexibility index (Phi) is 4.91. The highest BCUT2D eigenvalue weighted by molar-refractivity contribution is 6.32. The van der Waals surface area contributed by atoms with Gasteiger partial charge in [-0.3, -0.25) is 19.7 Å². The first kappa shape index (κ1) is 20.1. The molecule has 0 saturated heterocycles. The molecule has 0 aliphatic heterocycles. The number of carbonyl (C=O) groups excluding carboxylic acids is 1. The zero-order chi connectivity index (χ0) is 22.3. The predicted molar refractivity (Wildman–Crippen MR) is 115 cm³/mol. The van der Waals surface area contributed by atoms with Crippen molar-refractivity contribution in [1.82, 2.24) is 14.1 Å². The van der Waals surface area contributed by atoms with Crippen LogP contribution in [0.5, 0.6) is 0 Å². The summed E-state index contributed by atoms with van der Waals surface area (Å²) in [5, 5.41) is 13.5. The van der Waals surface area contributed by atoms with Crippen LogP contribution < -0.4 is 16.6 Å². The number of aromatic amines is 1. The minimum Gasteiger partial charge on any atom is -0.344 e. The summed E-state index contributed by atoms with van der Waals surface area (Å²) in [5.41, 5.74) is -0.920. The molecule has 0 radical (unpaired) electrons.